The summed E-state index contributed by atoms with van der Waals surface area (Å²) in [7, 11) is 0. The largest absolute Gasteiger partial charge is 0.372 e. The predicted molar refractivity (Wildman–Crippen MR) is 29.4 cm³/mol. The van der Waals surface area contributed by atoms with Gasteiger partial charge in [0.2, 0.25) is 0 Å². The van der Waals surface area contributed by atoms with Gasteiger partial charge in [-0.3, -0.25) is 0 Å². The molecule has 0 aromatic carbocycles. The summed E-state index contributed by atoms with van der Waals surface area (Å²) in [6.45, 7) is 4.41. The van der Waals surface area contributed by atoms with E-state index in [1.807, 2.05) is 6.20 Å². The molecule has 0 saturated carbocycles. The Bertz CT molecular complexity index is 105. The average Bonchev–Trinajstić information content (AvgIpc) is 2.14. The van der Waals surface area contributed by atoms with Gasteiger partial charge in [-0.25, -0.2) is 0 Å². The maximum absolute atomic E-state index is 3.57. The normalized spacial score (nSPS) is 16.9. The molecule has 2 N–H and O–H groups in total. The lowest BCUT2D eigenvalue weighted by Crippen LogP contribution is -2.13. The molecular weight excluding hydrogens is 88.1 g/mol. The summed E-state index contributed by atoms with van der Waals surface area (Å²) in [5, 5.41) is 6.02. The van der Waals surface area contributed by atoms with Gasteiger partial charge in [0.15, 0.2) is 0 Å². The Balaban J connectivity index is 2.51. The molecule has 0 atom stereocenters. The van der Waals surface area contributed by atoms with Crippen molar-refractivity contribution in [1.29, 1.82) is 0 Å². The van der Waals surface area contributed by atoms with Gasteiger partial charge in [-0.1, -0.05) is 6.58 Å². The minimum atomic E-state index is 0.835. The monoisotopic (exact) mass is 96.1 g/mol. The van der Waals surface area contributed by atoms with Crippen LogP contribution in [-0.4, -0.2) is 6.67 Å². The molecule has 38 valence electrons. The van der Waals surface area contributed by atoms with Crippen molar-refractivity contribution in [2.45, 2.75) is 0 Å². The molecule has 1 rings (SSSR count). The molecule has 0 unspecified atom stereocenters. The van der Waals surface area contributed by atoms with Crippen LogP contribution in [0.15, 0.2) is 24.6 Å². The molecular formula is C5H8N2. The summed E-state index contributed by atoms with van der Waals surface area (Å²) < 4.78 is 0. The second-order valence-electron chi connectivity index (χ2n) is 1.36. The minimum Gasteiger partial charge on any atom is -0.372 e. The molecule has 0 aromatic heterocycles. The van der Waals surface area contributed by atoms with Gasteiger partial charge in [0.25, 0.3) is 0 Å². The van der Waals surface area contributed by atoms with Gasteiger partial charge in [-0.15, -0.1) is 0 Å². The van der Waals surface area contributed by atoms with E-state index in [4.69, 9.17) is 0 Å². The molecule has 0 aromatic rings. The van der Waals surface area contributed by atoms with Crippen LogP contribution in [0.4, 0.5) is 0 Å². The van der Waals surface area contributed by atoms with E-state index in [2.05, 4.69) is 17.2 Å². The fourth-order valence-corrected chi connectivity index (χ4v) is 0.496. The molecule has 2 nitrogen and oxygen atoms in total. The highest BCUT2D eigenvalue weighted by atomic mass is 15.1. The van der Waals surface area contributed by atoms with E-state index in [0.717, 1.165) is 12.4 Å². The third-order valence-corrected chi connectivity index (χ3v) is 0.872. The topological polar surface area (TPSA) is 24.1 Å². The van der Waals surface area contributed by atoms with E-state index in [0.29, 0.717) is 0 Å². The van der Waals surface area contributed by atoms with Gasteiger partial charge in [0.05, 0.1) is 12.4 Å². The molecule has 1 aliphatic rings. The Morgan fingerprint density at radius 2 is 2.71 bits per heavy atom. The number of hydrogen-bond acceptors (Lipinski definition) is 2. The van der Waals surface area contributed by atoms with Gasteiger partial charge in [0.1, 0.15) is 0 Å². The van der Waals surface area contributed by atoms with E-state index >= 15 is 0 Å². The van der Waals surface area contributed by atoms with Crippen molar-refractivity contribution < 1.29 is 0 Å². The van der Waals surface area contributed by atoms with E-state index in [1.54, 1.807) is 6.08 Å². The molecule has 0 bridgehead atoms. The number of allylic oxidation sites excluding steroid dienone is 1. The van der Waals surface area contributed by atoms with Crippen molar-refractivity contribution in [3.05, 3.63) is 24.6 Å². The van der Waals surface area contributed by atoms with Gasteiger partial charge < -0.3 is 10.6 Å². The molecule has 0 radical (unpaired) electrons. The van der Waals surface area contributed by atoms with E-state index in [9.17, 15) is 0 Å². The fourth-order valence-electron chi connectivity index (χ4n) is 0.496. The van der Waals surface area contributed by atoms with Crippen LogP contribution in [0.2, 0.25) is 0 Å². The van der Waals surface area contributed by atoms with E-state index in [1.165, 1.54) is 0 Å². The summed E-state index contributed by atoms with van der Waals surface area (Å²) in [6, 6.07) is 0. The molecule has 0 spiro atoms. The van der Waals surface area contributed by atoms with Crippen molar-refractivity contribution in [2.75, 3.05) is 6.67 Å². The van der Waals surface area contributed by atoms with Crippen molar-refractivity contribution in [3.63, 3.8) is 0 Å². The highest BCUT2D eigenvalue weighted by Gasteiger charge is 1.92. The summed E-state index contributed by atoms with van der Waals surface area (Å²) >= 11 is 0. The minimum absolute atomic E-state index is 0.835. The molecule has 0 amide bonds. The fraction of sp³-hybridized carbons (Fsp3) is 0.200. The highest BCUT2D eigenvalue weighted by Crippen LogP contribution is 1.89. The van der Waals surface area contributed by atoms with Crippen molar-refractivity contribution in [2.24, 2.45) is 0 Å². The molecule has 1 aliphatic heterocycles. The Labute approximate surface area is 42.9 Å². The van der Waals surface area contributed by atoms with Gasteiger partial charge >= 0.3 is 0 Å². The molecule has 2 heteroatoms. The van der Waals surface area contributed by atoms with Gasteiger partial charge in [-0.05, 0) is 6.08 Å². The van der Waals surface area contributed by atoms with E-state index in [-0.39, 0.29) is 0 Å². The Kier molecular flexibility index (Phi) is 1.02. The first kappa shape index (κ1) is 4.24. The van der Waals surface area contributed by atoms with Crippen LogP contribution >= 0.6 is 0 Å². The zero-order valence-electron chi connectivity index (χ0n) is 4.07. The summed E-state index contributed by atoms with van der Waals surface area (Å²) in [4.78, 5) is 0. The van der Waals surface area contributed by atoms with Crippen LogP contribution in [0.5, 0.6) is 0 Å². The first-order valence-corrected chi connectivity index (χ1v) is 2.23. The van der Waals surface area contributed by atoms with Crippen LogP contribution < -0.4 is 10.6 Å². The molecule has 1 heterocycles. The maximum atomic E-state index is 3.57. The van der Waals surface area contributed by atoms with Crippen molar-refractivity contribution in [3.8, 4) is 0 Å². The standard InChI is InChI=1S/C5H8N2/c1-2-5-3-6-4-7-5/h2-3,6-7H,1,4H2. The lowest BCUT2D eigenvalue weighted by Gasteiger charge is -1.89. The van der Waals surface area contributed by atoms with Gasteiger partial charge in [-0.2, -0.15) is 0 Å². The lowest BCUT2D eigenvalue weighted by molar-refractivity contribution is 0.822. The van der Waals surface area contributed by atoms with Crippen LogP contribution in [0.25, 0.3) is 0 Å². The van der Waals surface area contributed by atoms with Crippen molar-refractivity contribution in [1.82, 2.24) is 10.6 Å². The molecule has 7 heavy (non-hydrogen) atoms. The summed E-state index contributed by atoms with van der Waals surface area (Å²) in [5.74, 6) is 0. The predicted octanol–water partition coefficient (Wildman–Crippen LogP) is 0.164. The number of rotatable bonds is 1. The van der Waals surface area contributed by atoms with Crippen LogP contribution in [0, 0.1) is 0 Å². The Morgan fingerprint density at radius 3 is 3.00 bits per heavy atom. The van der Waals surface area contributed by atoms with Crippen LogP contribution in [0.1, 0.15) is 0 Å². The number of hydrogen-bond donors (Lipinski definition) is 2. The third-order valence-electron chi connectivity index (χ3n) is 0.872. The van der Waals surface area contributed by atoms with Crippen molar-refractivity contribution >= 4 is 0 Å². The summed E-state index contributed by atoms with van der Waals surface area (Å²) in [5.41, 5.74) is 1.07. The highest BCUT2D eigenvalue weighted by molar-refractivity contribution is 5.15. The second kappa shape index (κ2) is 1.69. The zero-order chi connectivity index (χ0) is 5.11. The maximum Gasteiger partial charge on any atom is 0.0845 e. The molecule has 0 aliphatic carbocycles. The number of nitrogens with one attached hydrogen (secondary N) is 2. The third kappa shape index (κ3) is 0.738. The zero-order valence-corrected chi connectivity index (χ0v) is 4.07. The lowest BCUT2D eigenvalue weighted by atomic mass is 10.5. The first-order chi connectivity index (χ1) is 3.43. The van der Waals surface area contributed by atoms with E-state index < -0.39 is 0 Å². The second-order valence-corrected chi connectivity index (χ2v) is 1.36. The van der Waals surface area contributed by atoms with Crippen LogP contribution in [0.3, 0.4) is 0 Å². The smallest absolute Gasteiger partial charge is 0.0845 e. The molecule has 0 saturated heterocycles. The SMILES string of the molecule is C=CC1=CNCN1. The summed E-state index contributed by atoms with van der Waals surface area (Å²) in [6.07, 6.45) is 3.67. The quantitative estimate of drug-likeness (QED) is 0.486. The van der Waals surface area contributed by atoms with Gasteiger partial charge in [0, 0.05) is 6.20 Å². The molecule has 0 fully saturated rings. The Morgan fingerprint density at radius 1 is 1.86 bits per heavy atom. The Hall–Kier alpha value is -0.920. The van der Waals surface area contributed by atoms with Crippen LogP contribution in [-0.2, 0) is 0 Å². The first-order valence-electron chi connectivity index (χ1n) is 2.23. The average molecular weight is 96.1 g/mol.